The third kappa shape index (κ3) is 1.50. The van der Waals surface area contributed by atoms with Crippen LogP contribution in [0.25, 0.3) is 0 Å². The summed E-state index contributed by atoms with van der Waals surface area (Å²) in [4.78, 5) is 4.23. The average molecular weight is 166 g/mol. The van der Waals surface area contributed by atoms with E-state index in [1.165, 1.54) is 12.8 Å². The van der Waals surface area contributed by atoms with E-state index in [-0.39, 0.29) is 0 Å². The zero-order valence-electron chi connectivity index (χ0n) is 7.34. The van der Waals surface area contributed by atoms with Gasteiger partial charge in [-0.1, -0.05) is 0 Å². The Labute approximate surface area is 72.2 Å². The molecule has 0 bridgehead atoms. The molecule has 1 unspecified atom stereocenters. The Kier molecular flexibility index (Phi) is 2.13. The van der Waals surface area contributed by atoms with E-state index in [0.29, 0.717) is 5.92 Å². The standard InChI is InChI=1S/C9H14N2O/c1-7-5-11-9(12-7)8-3-2-4-10-6-8/h5,8,10H,2-4,6H2,1H3. The highest BCUT2D eigenvalue weighted by Gasteiger charge is 2.18. The maximum absolute atomic E-state index is 5.47. The predicted octanol–water partition coefficient (Wildman–Crippen LogP) is 1.45. The first-order valence-electron chi connectivity index (χ1n) is 4.49. The fourth-order valence-electron chi connectivity index (χ4n) is 1.62. The minimum atomic E-state index is 0.493. The second-order valence-corrected chi connectivity index (χ2v) is 3.35. The first-order chi connectivity index (χ1) is 5.86. The van der Waals surface area contributed by atoms with Crippen LogP contribution in [0.5, 0.6) is 0 Å². The average Bonchev–Trinajstić information content (AvgIpc) is 2.54. The van der Waals surface area contributed by atoms with Crippen molar-refractivity contribution in [2.75, 3.05) is 13.1 Å². The Morgan fingerprint density at radius 2 is 2.58 bits per heavy atom. The van der Waals surface area contributed by atoms with Crippen molar-refractivity contribution in [1.82, 2.24) is 10.3 Å². The van der Waals surface area contributed by atoms with Gasteiger partial charge in [-0.3, -0.25) is 0 Å². The highest BCUT2D eigenvalue weighted by molar-refractivity contribution is 4.99. The second-order valence-electron chi connectivity index (χ2n) is 3.35. The summed E-state index contributed by atoms with van der Waals surface area (Å²) in [5.41, 5.74) is 0. The Morgan fingerprint density at radius 1 is 1.67 bits per heavy atom. The van der Waals surface area contributed by atoms with Crippen molar-refractivity contribution in [2.24, 2.45) is 0 Å². The van der Waals surface area contributed by atoms with Crippen molar-refractivity contribution in [2.45, 2.75) is 25.7 Å². The van der Waals surface area contributed by atoms with Gasteiger partial charge in [0.15, 0.2) is 5.89 Å². The van der Waals surface area contributed by atoms with Gasteiger partial charge in [-0.15, -0.1) is 0 Å². The molecule has 0 aromatic carbocycles. The van der Waals surface area contributed by atoms with Crippen LogP contribution in [-0.2, 0) is 0 Å². The van der Waals surface area contributed by atoms with Gasteiger partial charge in [0.25, 0.3) is 0 Å². The van der Waals surface area contributed by atoms with E-state index >= 15 is 0 Å². The molecule has 1 fully saturated rings. The summed E-state index contributed by atoms with van der Waals surface area (Å²) in [6.07, 6.45) is 4.23. The number of hydrogen-bond acceptors (Lipinski definition) is 3. The molecule has 0 saturated carbocycles. The third-order valence-electron chi connectivity index (χ3n) is 2.29. The van der Waals surface area contributed by atoms with Crippen LogP contribution in [0.3, 0.4) is 0 Å². The number of aromatic nitrogens is 1. The summed E-state index contributed by atoms with van der Waals surface area (Å²) in [7, 11) is 0. The number of oxazole rings is 1. The van der Waals surface area contributed by atoms with E-state index in [2.05, 4.69) is 10.3 Å². The van der Waals surface area contributed by atoms with E-state index in [9.17, 15) is 0 Å². The molecule has 66 valence electrons. The van der Waals surface area contributed by atoms with E-state index in [1.807, 2.05) is 6.92 Å². The number of nitrogens with one attached hydrogen (secondary N) is 1. The number of rotatable bonds is 1. The molecule has 3 nitrogen and oxygen atoms in total. The molecule has 12 heavy (non-hydrogen) atoms. The summed E-state index contributed by atoms with van der Waals surface area (Å²) < 4.78 is 5.47. The highest BCUT2D eigenvalue weighted by Crippen LogP contribution is 2.22. The number of nitrogens with zero attached hydrogens (tertiary/aromatic N) is 1. The molecular weight excluding hydrogens is 152 g/mol. The Balaban J connectivity index is 2.08. The maximum Gasteiger partial charge on any atom is 0.198 e. The summed E-state index contributed by atoms with van der Waals surface area (Å²) in [6, 6.07) is 0. The first kappa shape index (κ1) is 7.80. The van der Waals surface area contributed by atoms with Gasteiger partial charge in [-0.2, -0.15) is 0 Å². The summed E-state index contributed by atoms with van der Waals surface area (Å²) >= 11 is 0. The molecule has 1 aromatic heterocycles. The molecule has 1 aromatic rings. The van der Waals surface area contributed by atoms with Crippen LogP contribution in [0.4, 0.5) is 0 Å². The predicted molar refractivity (Wildman–Crippen MR) is 46.1 cm³/mol. The highest BCUT2D eigenvalue weighted by atomic mass is 16.4. The normalized spacial score (nSPS) is 24.2. The van der Waals surface area contributed by atoms with Gasteiger partial charge in [-0.25, -0.2) is 4.98 Å². The Bertz CT molecular complexity index is 251. The number of aryl methyl sites for hydroxylation is 1. The number of hydrogen-bond donors (Lipinski definition) is 1. The van der Waals surface area contributed by atoms with Gasteiger partial charge >= 0.3 is 0 Å². The van der Waals surface area contributed by atoms with E-state index in [0.717, 1.165) is 24.7 Å². The van der Waals surface area contributed by atoms with Gasteiger partial charge in [0, 0.05) is 12.5 Å². The van der Waals surface area contributed by atoms with Crippen molar-refractivity contribution in [3.8, 4) is 0 Å². The lowest BCUT2D eigenvalue weighted by Gasteiger charge is -2.19. The van der Waals surface area contributed by atoms with E-state index in [4.69, 9.17) is 4.42 Å². The topological polar surface area (TPSA) is 38.1 Å². The van der Waals surface area contributed by atoms with E-state index in [1.54, 1.807) is 6.20 Å². The minimum Gasteiger partial charge on any atom is -0.446 e. The quantitative estimate of drug-likeness (QED) is 0.686. The molecule has 0 radical (unpaired) electrons. The zero-order valence-corrected chi connectivity index (χ0v) is 7.34. The van der Waals surface area contributed by atoms with Crippen molar-refractivity contribution in [1.29, 1.82) is 0 Å². The van der Waals surface area contributed by atoms with Crippen LogP contribution in [0, 0.1) is 6.92 Å². The van der Waals surface area contributed by atoms with Crippen molar-refractivity contribution in [3.05, 3.63) is 17.8 Å². The molecule has 0 amide bonds. The van der Waals surface area contributed by atoms with Gasteiger partial charge in [0.1, 0.15) is 5.76 Å². The van der Waals surface area contributed by atoms with E-state index < -0.39 is 0 Å². The summed E-state index contributed by atoms with van der Waals surface area (Å²) in [5.74, 6) is 2.31. The summed E-state index contributed by atoms with van der Waals surface area (Å²) in [6.45, 7) is 4.09. The van der Waals surface area contributed by atoms with Crippen molar-refractivity contribution < 1.29 is 4.42 Å². The molecule has 1 aliphatic heterocycles. The van der Waals surface area contributed by atoms with Gasteiger partial charge in [0.2, 0.25) is 0 Å². The fraction of sp³-hybridized carbons (Fsp3) is 0.667. The van der Waals surface area contributed by atoms with Crippen molar-refractivity contribution in [3.63, 3.8) is 0 Å². The molecule has 0 aliphatic carbocycles. The smallest absolute Gasteiger partial charge is 0.198 e. The number of piperidine rings is 1. The summed E-state index contributed by atoms with van der Waals surface area (Å²) in [5, 5.41) is 3.34. The molecule has 1 saturated heterocycles. The lowest BCUT2D eigenvalue weighted by atomic mass is 10.00. The van der Waals surface area contributed by atoms with Crippen LogP contribution in [-0.4, -0.2) is 18.1 Å². The Hall–Kier alpha value is -0.830. The molecule has 3 heteroatoms. The molecule has 1 atom stereocenters. The molecule has 1 aliphatic rings. The fourth-order valence-corrected chi connectivity index (χ4v) is 1.62. The van der Waals surface area contributed by atoms with Gasteiger partial charge < -0.3 is 9.73 Å². The molecule has 1 N–H and O–H groups in total. The Morgan fingerprint density at radius 3 is 3.17 bits per heavy atom. The second kappa shape index (κ2) is 3.27. The largest absolute Gasteiger partial charge is 0.446 e. The zero-order chi connectivity index (χ0) is 8.39. The van der Waals surface area contributed by atoms with Crippen LogP contribution in [0.15, 0.2) is 10.6 Å². The SMILES string of the molecule is Cc1cnc(C2CCCNC2)o1. The lowest BCUT2D eigenvalue weighted by molar-refractivity contribution is 0.368. The van der Waals surface area contributed by atoms with Crippen LogP contribution in [0.2, 0.25) is 0 Å². The van der Waals surface area contributed by atoms with Crippen LogP contribution < -0.4 is 5.32 Å². The van der Waals surface area contributed by atoms with Crippen LogP contribution >= 0.6 is 0 Å². The van der Waals surface area contributed by atoms with Gasteiger partial charge in [0.05, 0.1) is 6.20 Å². The van der Waals surface area contributed by atoms with Gasteiger partial charge in [-0.05, 0) is 26.3 Å². The lowest BCUT2D eigenvalue weighted by Crippen LogP contribution is -2.28. The molecular formula is C9H14N2O. The molecule has 0 spiro atoms. The monoisotopic (exact) mass is 166 g/mol. The molecule has 2 heterocycles. The third-order valence-corrected chi connectivity index (χ3v) is 2.29. The van der Waals surface area contributed by atoms with Crippen LogP contribution in [0.1, 0.15) is 30.4 Å². The first-order valence-corrected chi connectivity index (χ1v) is 4.49. The maximum atomic E-state index is 5.47. The van der Waals surface area contributed by atoms with Crippen molar-refractivity contribution >= 4 is 0 Å². The molecule has 2 rings (SSSR count). The minimum absolute atomic E-state index is 0.493.